The van der Waals surface area contributed by atoms with Crippen LogP contribution in [0.3, 0.4) is 0 Å². The molecule has 2 nitrogen and oxygen atoms in total. The number of methoxy groups -OCH3 is 1. The smallest absolute Gasteiger partial charge is 0.158 e. The molecule has 2 heteroatoms. The molecule has 0 aromatic carbocycles. The van der Waals surface area contributed by atoms with Crippen LogP contribution in [-0.2, 0) is 9.10 Å². The predicted octanol–water partition coefficient (Wildman–Crippen LogP) is 2.68. The Morgan fingerprint density at radius 1 is 1.00 bits per heavy atom. The SMILES string of the molecule is COC1CCCCC([O+]2CCCC2)C1. The maximum atomic E-state index is 5.52. The number of rotatable bonds is 2. The van der Waals surface area contributed by atoms with Gasteiger partial charge < -0.3 is 9.10 Å². The number of hydrogen-bond acceptors (Lipinski definition) is 1. The molecule has 2 fully saturated rings. The lowest BCUT2D eigenvalue weighted by Crippen LogP contribution is -2.28. The topological polar surface area (TPSA) is 11.9 Å². The molecule has 0 spiro atoms. The first-order valence-corrected chi connectivity index (χ1v) is 6.09. The van der Waals surface area contributed by atoms with Crippen molar-refractivity contribution in [2.45, 2.75) is 57.2 Å². The minimum absolute atomic E-state index is 0.510. The Hall–Kier alpha value is -0.0800. The molecule has 1 saturated carbocycles. The summed E-state index contributed by atoms with van der Waals surface area (Å²) in [5, 5.41) is 0. The van der Waals surface area contributed by atoms with Gasteiger partial charge in [0.25, 0.3) is 0 Å². The van der Waals surface area contributed by atoms with Crippen LogP contribution in [0.4, 0.5) is 0 Å². The van der Waals surface area contributed by atoms with Crippen LogP contribution in [0.15, 0.2) is 0 Å². The van der Waals surface area contributed by atoms with Crippen LogP contribution in [-0.4, -0.2) is 32.5 Å². The Balaban J connectivity index is 1.88. The van der Waals surface area contributed by atoms with Crippen molar-refractivity contribution in [3.8, 4) is 0 Å². The van der Waals surface area contributed by atoms with Crippen LogP contribution < -0.4 is 0 Å². The van der Waals surface area contributed by atoms with Gasteiger partial charge in [-0.25, -0.2) is 0 Å². The Kier molecular flexibility index (Phi) is 3.82. The van der Waals surface area contributed by atoms with Gasteiger partial charge in [-0.2, -0.15) is 0 Å². The van der Waals surface area contributed by atoms with E-state index in [1.165, 1.54) is 58.2 Å². The Bertz CT molecular complexity index is 164. The molecule has 2 unspecified atom stereocenters. The molecular formula is C12H23O2+. The molecule has 2 atom stereocenters. The zero-order valence-electron chi connectivity index (χ0n) is 9.34. The van der Waals surface area contributed by atoms with Gasteiger partial charge in [-0.05, 0) is 12.8 Å². The predicted molar refractivity (Wildman–Crippen MR) is 57.7 cm³/mol. The maximum Gasteiger partial charge on any atom is 0.158 e. The molecule has 0 radical (unpaired) electrons. The van der Waals surface area contributed by atoms with Crippen molar-refractivity contribution in [2.75, 3.05) is 20.3 Å². The summed E-state index contributed by atoms with van der Waals surface area (Å²) < 4.78 is 9.04. The molecule has 1 heterocycles. The molecule has 2 aliphatic rings. The number of ether oxygens (including phenoxy) is 1. The van der Waals surface area contributed by atoms with Gasteiger partial charge in [0.1, 0.15) is 13.2 Å². The molecule has 1 aliphatic carbocycles. The van der Waals surface area contributed by atoms with Crippen molar-refractivity contribution in [1.82, 2.24) is 0 Å². The van der Waals surface area contributed by atoms with Crippen LogP contribution in [0.25, 0.3) is 0 Å². The van der Waals surface area contributed by atoms with Crippen LogP contribution in [0.2, 0.25) is 0 Å². The van der Waals surface area contributed by atoms with Gasteiger partial charge in [-0.1, -0.05) is 6.42 Å². The summed E-state index contributed by atoms with van der Waals surface area (Å²) in [5.41, 5.74) is 0. The molecule has 0 aromatic rings. The van der Waals surface area contributed by atoms with Crippen LogP contribution >= 0.6 is 0 Å². The monoisotopic (exact) mass is 199 g/mol. The zero-order chi connectivity index (χ0) is 9.80. The summed E-state index contributed by atoms with van der Waals surface area (Å²) in [6.45, 7) is 2.50. The molecule has 0 aromatic heterocycles. The van der Waals surface area contributed by atoms with E-state index in [-0.39, 0.29) is 0 Å². The lowest BCUT2D eigenvalue weighted by atomic mass is 10.1. The Morgan fingerprint density at radius 2 is 1.71 bits per heavy atom. The maximum absolute atomic E-state index is 5.52. The van der Waals surface area contributed by atoms with Gasteiger partial charge >= 0.3 is 0 Å². The fourth-order valence-electron chi connectivity index (χ4n) is 2.80. The molecule has 1 aliphatic heterocycles. The quantitative estimate of drug-likeness (QED) is 0.492. The zero-order valence-corrected chi connectivity index (χ0v) is 9.34. The highest BCUT2D eigenvalue weighted by Gasteiger charge is 2.31. The summed E-state index contributed by atoms with van der Waals surface area (Å²) >= 11 is 0. The molecular weight excluding hydrogens is 176 g/mol. The van der Waals surface area contributed by atoms with E-state index in [0.717, 1.165) is 6.10 Å². The van der Waals surface area contributed by atoms with Crippen molar-refractivity contribution in [1.29, 1.82) is 0 Å². The Morgan fingerprint density at radius 3 is 2.43 bits per heavy atom. The summed E-state index contributed by atoms with van der Waals surface area (Å²) in [4.78, 5) is 0. The minimum Gasteiger partial charge on any atom is -0.420 e. The van der Waals surface area contributed by atoms with Crippen molar-refractivity contribution < 1.29 is 9.10 Å². The molecule has 0 bridgehead atoms. The van der Waals surface area contributed by atoms with Crippen molar-refractivity contribution in [2.24, 2.45) is 0 Å². The fourth-order valence-corrected chi connectivity index (χ4v) is 2.80. The summed E-state index contributed by atoms with van der Waals surface area (Å²) in [6.07, 6.45) is 10.6. The van der Waals surface area contributed by atoms with Gasteiger partial charge in [0.15, 0.2) is 6.10 Å². The van der Waals surface area contributed by atoms with E-state index < -0.39 is 0 Å². The van der Waals surface area contributed by atoms with Crippen LogP contribution in [0.1, 0.15) is 44.9 Å². The van der Waals surface area contributed by atoms with Gasteiger partial charge in [0.2, 0.25) is 0 Å². The molecule has 0 N–H and O–H groups in total. The van der Waals surface area contributed by atoms with E-state index in [1.807, 2.05) is 7.11 Å². The molecule has 14 heavy (non-hydrogen) atoms. The van der Waals surface area contributed by atoms with E-state index in [1.54, 1.807) is 0 Å². The van der Waals surface area contributed by atoms with Crippen molar-refractivity contribution in [3.05, 3.63) is 0 Å². The van der Waals surface area contributed by atoms with E-state index in [4.69, 9.17) is 4.74 Å². The van der Waals surface area contributed by atoms with E-state index in [9.17, 15) is 0 Å². The largest absolute Gasteiger partial charge is 0.420 e. The summed E-state index contributed by atoms with van der Waals surface area (Å²) in [7, 11) is 1.86. The van der Waals surface area contributed by atoms with E-state index in [0.29, 0.717) is 6.10 Å². The second-order valence-corrected chi connectivity index (χ2v) is 4.65. The van der Waals surface area contributed by atoms with Crippen LogP contribution in [0, 0.1) is 0 Å². The third-order valence-corrected chi connectivity index (χ3v) is 3.70. The average Bonchev–Trinajstić information content (AvgIpc) is 2.63. The lowest BCUT2D eigenvalue weighted by Gasteiger charge is -2.25. The first kappa shape index (κ1) is 10.4. The van der Waals surface area contributed by atoms with Crippen LogP contribution in [0.5, 0.6) is 0 Å². The third kappa shape index (κ3) is 2.48. The van der Waals surface area contributed by atoms with E-state index >= 15 is 0 Å². The first-order chi connectivity index (χ1) is 6.90. The average molecular weight is 199 g/mol. The molecule has 82 valence electrons. The van der Waals surface area contributed by atoms with Crippen molar-refractivity contribution >= 4 is 0 Å². The summed E-state index contributed by atoms with van der Waals surface area (Å²) in [5.74, 6) is 0. The Labute approximate surface area is 87.3 Å². The van der Waals surface area contributed by atoms with Gasteiger partial charge in [0.05, 0.1) is 6.10 Å². The lowest BCUT2D eigenvalue weighted by molar-refractivity contribution is -0.175. The molecule has 2 rings (SSSR count). The highest BCUT2D eigenvalue weighted by molar-refractivity contribution is 4.75. The van der Waals surface area contributed by atoms with Gasteiger partial charge in [-0.3, -0.25) is 0 Å². The third-order valence-electron chi connectivity index (χ3n) is 3.70. The summed E-state index contributed by atoms with van der Waals surface area (Å²) in [6, 6.07) is 0. The van der Waals surface area contributed by atoms with Gasteiger partial charge in [0, 0.05) is 32.8 Å². The highest BCUT2D eigenvalue weighted by atomic mass is 16.7. The second-order valence-electron chi connectivity index (χ2n) is 4.65. The standard InChI is InChI=1S/C12H23O2/c1-13-11-6-2-3-7-12(10-11)14-8-4-5-9-14/h11-12H,2-10H2,1H3/q+1. The molecule has 0 amide bonds. The minimum atomic E-state index is 0.510. The normalized spacial score (nSPS) is 35.8. The van der Waals surface area contributed by atoms with Gasteiger partial charge in [-0.15, -0.1) is 0 Å². The number of hydrogen-bond donors (Lipinski definition) is 0. The second kappa shape index (κ2) is 5.13. The van der Waals surface area contributed by atoms with E-state index in [2.05, 4.69) is 4.37 Å². The first-order valence-electron chi connectivity index (χ1n) is 6.09. The van der Waals surface area contributed by atoms with Crippen molar-refractivity contribution in [3.63, 3.8) is 0 Å². The molecule has 1 saturated heterocycles. The highest BCUT2D eigenvalue weighted by Crippen LogP contribution is 2.29. The fraction of sp³-hybridized carbons (Fsp3) is 1.00.